The summed E-state index contributed by atoms with van der Waals surface area (Å²) >= 11 is 0. The molecule has 4 rings (SSSR count). The lowest BCUT2D eigenvalue weighted by molar-refractivity contribution is -0.134. The van der Waals surface area contributed by atoms with Crippen molar-refractivity contribution < 1.29 is 19.1 Å². The largest absolute Gasteiger partial charge is 0.493 e. The van der Waals surface area contributed by atoms with Gasteiger partial charge in [0, 0.05) is 13.1 Å². The topological polar surface area (TPSA) is 87.7 Å². The third-order valence-corrected chi connectivity index (χ3v) is 6.72. The van der Waals surface area contributed by atoms with Crippen LogP contribution >= 0.6 is 0 Å². The second kappa shape index (κ2) is 10.5. The number of hydrogen-bond donors (Lipinski definition) is 2. The van der Waals surface area contributed by atoms with E-state index in [9.17, 15) is 14.4 Å². The predicted molar refractivity (Wildman–Crippen MR) is 125 cm³/mol. The van der Waals surface area contributed by atoms with Gasteiger partial charge in [0.15, 0.2) is 0 Å². The van der Waals surface area contributed by atoms with Gasteiger partial charge >= 0.3 is 6.03 Å². The average molecular weight is 450 g/mol. The Labute approximate surface area is 194 Å². The number of benzene rings is 2. The van der Waals surface area contributed by atoms with Crippen LogP contribution in [-0.2, 0) is 16.0 Å². The third kappa shape index (κ3) is 5.53. The van der Waals surface area contributed by atoms with Gasteiger partial charge in [-0.25, -0.2) is 4.79 Å². The molecule has 4 amide bonds. The number of nitrogens with zero attached hydrogens (tertiary/aromatic N) is 1. The van der Waals surface area contributed by atoms with E-state index in [0.717, 1.165) is 18.6 Å². The SMILES string of the molecule is O=C1NC(=O)[C@](CCCc2ccccc2)(C2CCN(C(=O)CCOc3ccccc3)CC2)N1. The second-order valence-electron chi connectivity index (χ2n) is 8.79. The number of para-hydroxylation sites is 1. The van der Waals surface area contributed by atoms with Gasteiger partial charge in [-0.15, -0.1) is 0 Å². The molecule has 2 aromatic carbocycles. The summed E-state index contributed by atoms with van der Waals surface area (Å²) in [6.45, 7) is 1.50. The molecule has 7 nitrogen and oxygen atoms in total. The van der Waals surface area contributed by atoms with E-state index in [2.05, 4.69) is 22.8 Å². The van der Waals surface area contributed by atoms with E-state index in [1.165, 1.54) is 5.56 Å². The molecule has 1 atom stereocenters. The van der Waals surface area contributed by atoms with E-state index in [0.29, 0.717) is 45.4 Å². The number of nitrogens with one attached hydrogen (secondary N) is 2. The lowest BCUT2D eigenvalue weighted by Crippen LogP contribution is -2.56. The summed E-state index contributed by atoms with van der Waals surface area (Å²) in [4.78, 5) is 39.4. The van der Waals surface area contributed by atoms with Crippen LogP contribution in [0.1, 0.15) is 37.7 Å². The molecule has 0 aliphatic carbocycles. The fourth-order valence-electron chi connectivity index (χ4n) is 4.94. The fourth-order valence-corrected chi connectivity index (χ4v) is 4.94. The van der Waals surface area contributed by atoms with Gasteiger partial charge in [-0.2, -0.15) is 0 Å². The zero-order valence-electron chi connectivity index (χ0n) is 18.8. The molecule has 2 fully saturated rings. The molecule has 2 heterocycles. The molecule has 2 aliphatic rings. The van der Waals surface area contributed by atoms with Crippen LogP contribution in [0.4, 0.5) is 4.79 Å². The maximum absolute atomic E-state index is 12.8. The Bertz CT molecular complexity index is 958. The normalized spacial score (nSPS) is 20.9. The van der Waals surface area contributed by atoms with Crippen molar-refractivity contribution >= 4 is 17.8 Å². The molecule has 0 aromatic heterocycles. The van der Waals surface area contributed by atoms with Crippen LogP contribution in [0.5, 0.6) is 5.75 Å². The minimum absolute atomic E-state index is 0.00402. The minimum Gasteiger partial charge on any atom is -0.493 e. The molecule has 0 spiro atoms. The van der Waals surface area contributed by atoms with Gasteiger partial charge in [0.25, 0.3) is 5.91 Å². The average Bonchev–Trinajstić information content (AvgIpc) is 3.14. The van der Waals surface area contributed by atoms with Crippen molar-refractivity contribution in [3.8, 4) is 5.75 Å². The molecular formula is C26H31N3O4. The molecule has 7 heteroatoms. The highest BCUT2D eigenvalue weighted by Crippen LogP contribution is 2.35. The summed E-state index contributed by atoms with van der Waals surface area (Å²) in [7, 11) is 0. The molecule has 0 saturated carbocycles. The molecule has 0 radical (unpaired) electrons. The molecule has 2 aromatic rings. The molecule has 0 bridgehead atoms. The molecule has 2 N–H and O–H groups in total. The molecule has 2 saturated heterocycles. The van der Waals surface area contributed by atoms with Crippen molar-refractivity contribution in [1.29, 1.82) is 0 Å². The zero-order chi connectivity index (χ0) is 23.1. The molecule has 33 heavy (non-hydrogen) atoms. The lowest BCUT2D eigenvalue weighted by Gasteiger charge is -2.40. The van der Waals surface area contributed by atoms with Gasteiger partial charge in [-0.05, 0) is 55.7 Å². The number of urea groups is 1. The van der Waals surface area contributed by atoms with Crippen LogP contribution < -0.4 is 15.4 Å². The van der Waals surface area contributed by atoms with Gasteiger partial charge in [0.1, 0.15) is 11.3 Å². The highest BCUT2D eigenvalue weighted by Gasteiger charge is 2.51. The van der Waals surface area contributed by atoms with Gasteiger partial charge in [0.05, 0.1) is 13.0 Å². The first kappa shape index (κ1) is 22.8. The van der Waals surface area contributed by atoms with Gasteiger partial charge in [0.2, 0.25) is 5.91 Å². The first-order chi connectivity index (χ1) is 16.1. The van der Waals surface area contributed by atoms with Gasteiger partial charge < -0.3 is 15.0 Å². The molecule has 174 valence electrons. The summed E-state index contributed by atoms with van der Waals surface area (Å²) in [5.74, 6) is 0.581. The minimum atomic E-state index is -0.891. The van der Waals surface area contributed by atoms with E-state index in [-0.39, 0.29) is 17.7 Å². The Balaban J connectivity index is 1.30. The van der Waals surface area contributed by atoms with Crippen LogP contribution in [0.15, 0.2) is 60.7 Å². The maximum atomic E-state index is 12.8. The number of rotatable bonds is 9. The van der Waals surface area contributed by atoms with Crippen LogP contribution in [0.3, 0.4) is 0 Å². The van der Waals surface area contributed by atoms with Crippen LogP contribution in [0.2, 0.25) is 0 Å². The number of aryl methyl sites for hydroxylation is 1. The fraction of sp³-hybridized carbons (Fsp3) is 0.423. The molecule has 0 unspecified atom stereocenters. The Morgan fingerprint density at radius 1 is 1.00 bits per heavy atom. The van der Waals surface area contributed by atoms with Crippen molar-refractivity contribution in [2.45, 2.75) is 44.1 Å². The highest BCUT2D eigenvalue weighted by molar-refractivity contribution is 6.07. The maximum Gasteiger partial charge on any atom is 0.322 e. The first-order valence-corrected chi connectivity index (χ1v) is 11.7. The highest BCUT2D eigenvalue weighted by atomic mass is 16.5. The van der Waals surface area contributed by atoms with E-state index >= 15 is 0 Å². The van der Waals surface area contributed by atoms with Crippen molar-refractivity contribution in [2.75, 3.05) is 19.7 Å². The van der Waals surface area contributed by atoms with Crippen molar-refractivity contribution in [3.63, 3.8) is 0 Å². The van der Waals surface area contributed by atoms with Gasteiger partial charge in [-0.1, -0.05) is 48.5 Å². The number of likely N-dealkylation sites (tertiary alicyclic amines) is 1. The Morgan fingerprint density at radius 3 is 2.30 bits per heavy atom. The predicted octanol–water partition coefficient (Wildman–Crippen LogP) is 3.30. The number of carbonyl (C=O) groups is 3. The summed E-state index contributed by atoms with van der Waals surface area (Å²) in [5.41, 5.74) is 0.327. The van der Waals surface area contributed by atoms with Crippen molar-refractivity contribution in [3.05, 3.63) is 66.2 Å². The lowest BCUT2D eigenvalue weighted by atomic mass is 9.74. The Kier molecular flexibility index (Phi) is 7.27. The zero-order valence-corrected chi connectivity index (χ0v) is 18.8. The van der Waals surface area contributed by atoms with E-state index in [1.807, 2.05) is 53.4 Å². The van der Waals surface area contributed by atoms with Crippen LogP contribution in [-0.4, -0.2) is 48.0 Å². The number of ether oxygens (including phenoxy) is 1. The van der Waals surface area contributed by atoms with Crippen LogP contribution in [0, 0.1) is 5.92 Å². The van der Waals surface area contributed by atoms with Gasteiger partial charge in [-0.3, -0.25) is 14.9 Å². The van der Waals surface area contributed by atoms with Crippen LogP contribution in [0.25, 0.3) is 0 Å². The first-order valence-electron chi connectivity index (χ1n) is 11.7. The Morgan fingerprint density at radius 2 is 1.67 bits per heavy atom. The molecular weight excluding hydrogens is 418 g/mol. The monoisotopic (exact) mass is 449 g/mol. The summed E-state index contributed by atoms with van der Waals surface area (Å²) in [6, 6.07) is 19.2. The quantitative estimate of drug-likeness (QED) is 0.575. The number of carbonyl (C=O) groups excluding carboxylic acids is 3. The summed E-state index contributed by atoms with van der Waals surface area (Å²) < 4.78 is 5.64. The summed E-state index contributed by atoms with van der Waals surface area (Å²) in [5, 5.41) is 5.39. The van der Waals surface area contributed by atoms with E-state index < -0.39 is 11.6 Å². The number of piperidine rings is 1. The number of imide groups is 1. The standard InChI is InChI=1S/C26H31N3O4/c30-23(15-19-33-22-11-5-2-6-12-22)29-17-13-21(14-18-29)26(24(31)27-25(32)28-26)16-7-10-20-8-3-1-4-9-20/h1-6,8-9,11-12,21H,7,10,13-19H2,(H2,27,28,31,32)/t26-/m0/s1. The van der Waals surface area contributed by atoms with E-state index in [4.69, 9.17) is 4.74 Å². The van der Waals surface area contributed by atoms with E-state index in [1.54, 1.807) is 0 Å². The third-order valence-electron chi connectivity index (χ3n) is 6.72. The number of amides is 4. The van der Waals surface area contributed by atoms with Crippen molar-refractivity contribution in [1.82, 2.24) is 15.5 Å². The molecule has 2 aliphatic heterocycles. The number of hydrogen-bond acceptors (Lipinski definition) is 4. The van der Waals surface area contributed by atoms with Crippen molar-refractivity contribution in [2.24, 2.45) is 5.92 Å². The smallest absolute Gasteiger partial charge is 0.322 e. The summed E-state index contributed by atoms with van der Waals surface area (Å²) in [6.07, 6.45) is 3.93. The Hall–Kier alpha value is -3.35. The second-order valence-corrected chi connectivity index (χ2v) is 8.79.